The van der Waals surface area contributed by atoms with Crippen molar-refractivity contribution in [1.29, 1.82) is 0 Å². The number of pyridine rings is 1. The van der Waals surface area contributed by atoms with Gasteiger partial charge in [-0.3, -0.25) is 9.36 Å². The van der Waals surface area contributed by atoms with E-state index in [0.717, 1.165) is 6.42 Å². The Morgan fingerprint density at radius 2 is 2.17 bits per heavy atom. The predicted molar refractivity (Wildman–Crippen MR) is 67.8 cm³/mol. The lowest BCUT2D eigenvalue weighted by Gasteiger charge is -2.15. The van der Waals surface area contributed by atoms with Crippen LogP contribution in [-0.4, -0.2) is 23.8 Å². The van der Waals surface area contributed by atoms with Crippen molar-refractivity contribution in [3.63, 3.8) is 0 Å². The van der Waals surface area contributed by atoms with Gasteiger partial charge < -0.3 is 9.47 Å². The number of carbonyl (C=O) groups is 1. The smallest absolute Gasteiger partial charge is 0.328 e. The standard InChI is InChI=1S/C13H19NO4/c1-4-9-18-13(16)10(3)14-8-6-7-11(12(14)15)17-5-2/h6-8,10H,4-5,9H2,1-3H3. The number of hydrogen-bond donors (Lipinski definition) is 0. The Morgan fingerprint density at radius 1 is 1.44 bits per heavy atom. The quantitative estimate of drug-likeness (QED) is 0.725. The van der Waals surface area contributed by atoms with Crippen molar-refractivity contribution < 1.29 is 14.3 Å². The second-order valence-electron chi connectivity index (χ2n) is 3.86. The molecule has 1 aromatic rings. The summed E-state index contributed by atoms with van der Waals surface area (Å²) in [7, 11) is 0. The van der Waals surface area contributed by atoms with E-state index in [1.165, 1.54) is 4.57 Å². The molecule has 0 fully saturated rings. The van der Waals surface area contributed by atoms with Crippen molar-refractivity contribution in [1.82, 2.24) is 4.57 Å². The van der Waals surface area contributed by atoms with Crippen LogP contribution in [0.3, 0.4) is 0 Å². The highest BCUT2D eigenvalue weighted by Gasteiger charge is 2.18. The van der Waals surface area contributed by atoms with Gasteiger partial charge in [-0.15, -0.1) is 0 Å². The van der Waals surface area contributed by atoms with E-state index in [1.54, 1.807) is 32.2 Å². The van der Waals surface area contributed by atoms with E-state index in [4.69, 9.17) is 9.47 Å². The lowest BCUT2D eigenvalue weighted by molar-refractivity contribution is -0.147. The monoisotopic (exact) mass is 253 g/mol. The SMILES string of the molecule is CCCOC(=O)C(C)n1cccc(OCC)c1=O. The molecule has 0 aliphatic heterocycles. The zero-order valence-electron chi connectivity index (χ0n) is 11.0. The highest BCUT2D eigenvalue weighted by molar-refractivity contribution is 5.73. The first kappa shape index (κ1) is 14.3. The second-order valence-corrected chi connectivity index (χ2v) is 3.86. The van der Waals surface area contributed by atoms with E-state index in [-0.39, 0.29) is 11.3 Å². The molecule has 5 heteroatoms. The molecular formula is C13H19NO4. The first-order valence-electron chi connectivity index (χ1n) is 6.12. The normalized spacial score (nSPS) is 11.9. The maximum absolute atomic E-state index is 12.0. The van der Waals surface area contributed by atoms with Gasteiger partial charge in [-0.25, -0.2) is 4.79 Å². The third-order valence-corrected chi connectivity index (χ3v) is 2.45. The lowest BCUT2D eigenvalue weighted by Crippen LogP contribution is -2.29. The molecule has 0 bridgehead atoms. The number of ether oxygens (including phenoxy) is 2. The highest BCUT2D eigenvalue weighted by Crippen LogP contribution is 2.09. The summed E-state index contributed by atoms with van der Waals surface area (Å²) in [5.74, 6) is -0.164. The maximum atomic E-state index is 12.0. The molecule has 18 heavy (non-hydrogen) atoms. The van der Waals surface area contributed by atoms with Crippen molar-refractivity contribution in [3.8, 4) is 5.75 Å². The summed E-state index contributed by atoms with van der Waals surface area (Å²) in [4.78, 5) is 23.7. The van der Waals surface area contributed by atoms with Crippen molar-refractivity contribution in [2.24, 2.45) is 0 Å². The number of nitrogens with zero attached hydrogens (tertiary/aromatic N) is 1. The number of hydrogen-bond acceptors (Lipinski definition) is 4. The topological polar surface area (TPSA) is 57.5 Å². The molecule has 0 N–H and O–H groups in total. The predicted octanol–water partition coefficient (Wildman–Crippen LogP) is 1.76. The molecule has 100 valence electrons. The fraction of sp³-hybridized carbons (Fsp3) is 0.538. The van der Waals surface area contributed by atoms with E-state index < -0.39 is 12.0 Å². The van der Waals surface area contributed by atoms with Gasteiger partial charge in [0.05, 0.1) is 13.2 Å². The van der Waals surface area contributed by atoms with E-state index in [1.807, 2.05) is 6.92 Å². The highest BCUT2D eigenvalue weighted by atomic mass is 16.5. The van der Waals surface area contributed by atoms with Gasteiger partial charge in [0.2, 0.25) is 0 Å². The summed E-state index contributed by atoms with van der Waals surface area (Å²) in [6, 6.07) is 2.62. The van der Waals surface area contributed by atoms with Gasteiger partial charge in [0, 0.05) is 6.20 Å². The second kappa shape index (κ2) is 6.83. The summed E-state index contributed by atoms with van der Waals surface area (Å²) in [6.07, 6.45) is 2.31. The van der Waals surface area contributed by atoms with E-state index >= 15 is 0 Å². The Balaban J connectivity index is 2.92. The van der Waals surface area contributed by atoms with Crippen LogP contribution >= 0.6 is 0 Å². The molecular weight excluding hydrogens is 234 g/mol. The number of esters is 1. The van der Waals surface area contributed by atoms with Crippen molar-refractivity contribution >= 4 is 5.97 Å². The van der Waals surface area contributed by atoms with Crippen molar-refractivity contribution in [2.45, 2.75) is 33.2 Å². The Labute approximate surface area is 106 Å². The van der Waals surface area contributed by atoms with Crippen LogP contribution in [0.25, 0.3) is 0 Å². The van der Waals surface area contributed by atoms with E-state index in [0.29, 0.717) is 13.2 Å². The molecule has 1 heterocycles. The number of carbonyl (C=O) groups excluding carboxylic acids is 1. The van der Waals surface area contributed by atoms with Gasteiger partial charge in [0.25, 0.3) is 5.56 Å². The largest absolute Gasteiger partial charge is 0.488 e. The summed E-state index contributed by atoms with van der Waals surface area (Å²) >= 11 is 0. The molecule has 0 radical (unpaired) electrons. The van der Waals surface area contributed by atoms with Crippen LogP contribution in [0.4, 0.5) is 0 Å². The van der Waals surface area contributed by atoms with Gasteiger partial charge >= 0.3 is 5.97 Å². The molecule has 5 nitrogen and oxygen atoms in total. The fourth-order valence-corrected chi connectivity index (χ4v) is 1.50. The first-order valence-corrected chi connectivity index (χ1v) is 6.12. The van der Waals surface area contributed by atoms with Gasteiger partial charge in [0.1, 0.15) is 6.04 Å². The Kier molecular flexibility index (Phi) is 5.42. The fourth-order valence-electron chi connectivity index (χ4n) is 1.50. The average Bonchev–Trinajstić information content (AvgIpc) is 2.38. The van der Waals surface area contributed by atoms with Gasteiger partial charge in [-0.05, 0) is 32.4 Å². The molecule has 0 spiro atoms. The Bertz CT molecular complexity index is 453. The zero-order chi connectivity index (χ0) is 13.5. The van der Waals surface area contributed by atoms with Crippen molar-refractivity contribution in [3.05, 3.63) is 28.7 Å². The molecule has 0 aliphatic rings. The Hall–Kier alpha value is -1.78. The Morgan fingerprint density at radius 3 is 2.78 bits per heavy atom. The van der Waals surface area contributed by atoms with Gasteiger partial charge in [-0.1, -0.05) is 6.92 Å². The molecule has 0 aromatic carbocycles. The molecule has 1 unspecified atom stereocenters. The van der Waals surface area contributed by atoms with Gasteiger partial charge in [-0.2, -0.15) is 0 Å². The molecule has 0 amide bonds. The van der Waals surface area contributed by atoms with E-state index in [9.17, 15) is 9.59 Å². The zero-order valence-corrected chi connectivity index (χ0v) is 11.0. The van der Waals surface area contributed by atoms with Crippen molar-refractivity contribution in [2.75, 3.05) is 13.2 Å². The minimum absolute atomic E-state index is 0.246. The average molecular weight is 253 g/mol. The van der Waals surface area contributed by atoms with Gasteiger partial charge in [0.15, 0.2) is 5.75 Å². The third-order valence-electron chi connectivity index (χ3n) is 2.45. The molecule has 0 saturated heterocycles. The summed E-state index contributed by atoms with van der Waals surface area (Å²) in [5, 5.41) is 0. The molecule has 1 aromatic heterocycles. The lowest BCUT2D eigenvalue weighted by atomic mass is 10.3. The van der Waals surface area contributed by atoms with Crippen LogP contribution in [0.2, 0.25) is 0 Å². The van der Waals surface area contributed by atoms with E-state index in [2.05, 4.69) is 0 Å². The molecule has 1 atom stereocenters. The third kappa shape index (κ3) is 3.35. The summed E-state index contributed by atoms with van der Waals surface area (Å²) in [5.41, 5.74) is -0.319. The molecule has 0 aliphatic carbocycles. The maximum Gasteiger partial charge on any atom is 0.328 e. The number of rotatable bonds is 6. The first-order chi connectivity index (χ1) is 8.61. The minimum atomic E-state index is -0.649. The van der Waals surface area contributed by atoms with Crippen LogP contribution in [0.1, 0.15) is 33.2 Å². The van der Waals surface area contributed by atoms with Crippen LogP contribution in [0.5, 0.6) is 5.75 Å². The van der Waals surface area contributed by atoms with Crippen LogP contribution in [0, 0.1) is 0 Å². The minimum Gasteiger partial charge on any atom is -0.488 e. The summed E-state index contributed by atoms with van der Waals surface area (Å²) in [6.45, 7) is 6.13. The van der Waals surface area contributed by atoms with Crippen LogP contribution < -0.4 is 10.3 Å². The van der Waals surface area contributed by atoms with Crippen LogP contribution in [-0.2, 0) is 9.53 Å². The summed E-state index contributed by atoms with van der Waals surface area (Å²) < 4.78 is 11.5. The molecule has 0 saturated carbocycles. The van der Waals surface area contributed by atoms with Crippen LogP contribution in [0.15, 0.2) is 23.1 Å². The molecule has 1 rings (SSSR count). The number of aromatic nitrogens is 1.